The number of nitrogens with zero attached hydrogens (tertiary/aromatic N) is 1. The van der Waals surface area contributed by atoms with Crippen LogP contribution in [-0.4, -0.2) is 18.6 Å². The molecule has 2 aromatic heterocycles. The average Bonchev–Trinajstić information content (AvgIpc) is 2.98. The topological polar surface area (TPSA) is 74.8 Å². The Morgan fingerprint density at radius 2 is 2.22 bits per heavy atom. The highest BCUT2D eigenvalue weighted by Gasteiger charge is 2.25. The smallest absolute Gasteiger partial charge is 0.244 e. The zero-order valence-electron chi connectivity index (χ0n) is 10.1. The van der Waals surface area contributed by atoms with Crippen molar-refractivity contribution in [3.63, 3.8) is 0 Å². The standard InChI is InChI=1S/C11H15N3O2S2/c1-8(2)11(10-4-3-5-17-10)14-18(15,16)9-6-12-13-7-9/h3-8,11,14H,1-2H3,(H,12,13). The van der Waals surface area contributed by atoms with Gasteiger partial charge in [0.2, 0.25) is 10.0 Å². The molecule has 7 heteroatoms. The first kappa shape index (κ1) is 13.3. The van der Waals surface area contributed by atoms with E-state index in [9.17, 15) is 8.42 Å². The molecule has 0 saturated carbocycles. The monoisotopic (exact) mass is 285 g/mol. The zero-order valence-corrected chi connectivity index (χ0v) is 11.8. The lowest BCUT2D eigenvalue weighted by Gasteiger charge is -2.20. The fourth-order valence-electron chi connectivity index (χ4n) is 1.61. The van der Waals surface area contributed by atoms with E-state index < -0.39 is 10.0 Å². The number of nitrogens with one attached hydrogen (secondary N) is 2. The Hall–Kier alpha value is -1.18. The van der Waals surface area contributed by atoms with E-state index in [1.165, 1.54) is 12.4 Å². The Bertz CT molecular complexity index is 574. The maximum atomic E-state index is 12.1. The highest BCUT2D eigenvalue weighted by molar-refractivity contribution is 7.89. The van der Waals surface area contributed by atoms with Gasteiger partial charge in [0.25, 0.3) is 0 Å². The van der Waals surface area contributed by atoms with E-state index in [-0.39, 0.29) is 16.9 Å². The van der Waals surface area contributed by atoms with Gasteiger partial charge in [-0.15, -0.1) is 11.3 Å². The van der Waals surface area contributed by atoms with Crippen molar-refractivity contribution < 1.29 is 8.42 Å². The molecule has 0 saturated heterocycles. The lowest BCUT2D eigenvalue weighted by Crippen LogP contribution is -2.31. The minimum atomic E-state index is -3.52. The molecule has 0 bridgehead atoms. The molecule has 2 rings (SSSR count). The van der Waals surface area contributed by atoms with Gasteiger partial charge in [-0.2, -0.15) is 5.10 Å². The van der Waals surface area contributed by atoms with E-state index in [1.807, 2.05) is 31.4 Å². The van der Waals surface area contributed by atoms with Gasteiger partial charge in [0.1, 0.15) is 4.90 Å². The number of aromatic nitrogens is 2. The molecule has 5 nitrogen and oxygen atoms in total. The zero-order chi connectivity index (χ0) is 13.2. The van der Waals surface area contributed by atoms with Crippen LogP contribution in [-0.2, 0) is 10.0 Å². The molecule has 0 radical (unpaired) electrons. The van der Waals surface area contributed by atoms with E-state index in [4.69, 9.17) is 0 Å². The quantitative estimate of drug-likeness (QED) is 0.884. The maximum absolute atomic E-state index is 12.1. The molecule has 2 N–H and O–H groups in total. The van der Waals surface area contributed by atoms with Crippen molar-refractivity contribution in [2.24, 2.45) is 5.92 Å². The molecule has 0 aliphatic carbocycles. The van der Waals surface area contributed by atoms with E-state index >= 15 is 0 Å². The van der Waals surface area contributed by atoms with Crippen molar-refractivity contribution in [1.29, 1.82) is 0 Å². The molecule has 0 aliphatic rings. The minimum Gasteiger partial charge on any atom is -0.284 e. The number of thiophene rings is 1. The predicted octanol–water partition coefficient (Wildman–Crippen LogP) is 2.15. The van der Waals surface area contributed by atoms with Crippen LogP contribution < -0.4 is 4.72 Å². The first-order valence-electron chi connectivity index (χ1n) is 5.55. The summed E-state index contributed by atoms with van der Waals surface area (Å²) in [4.78, 5) is 1.17. The largest absolute Gasteiger partial charge is 0.284 e. The van der Waals surface area contributed by atoms with Crippen LogP contribution in [0.5, 0.6) is 0 Å². The highest BCUT2D eigenvalue weighted by atomic mass is 32.2. The molecular formula is C11H15N3O2S2. The molecule has 0 aromatic carbocycles. The van der Waals surface area contributed by atoms with Crippen LogP contribution in [0.4, 0.5) is 0 Å². The SMILES string of the molecule is CC(C)C(NS(=O)(=O)c1cn[nH]c1)c1cccs1. The molecule has 2 heterocycles. The summed E-state index contributed by atoms with van der Waals surface area (Å²) < 4.78 is 27.0. The summed E-state index contributed by atoms with van der Waals surface area (Å²) >= 11 is 1.55. The van der Waals surface area contributed by atoms with E-state index in [2.05, 4.69) is 14.9 Å². The Morgan fingerprint density at radius 1 is 1.44 bits per heavy atom. The second kappa shape index (κ2) is 5.21. The van der Waals surface area contributed by atoms with E-state index in [1.54, 1.807) is 11.3 Å². The minimum absolute atomic E-state index is 0.157. The molecule has 0 fully saturated rings. The number of sulfonamides is 1. The third kappa shape index (κ3) is 2.80. The van der Waals surface area contributed by atoms with Crippen LogP contribution in [0.25, 0.3) is 0 Å². The molecule has 0 aliphatic heterocycles. The van der Waals surface area contributed by atoms with Gasteiger partial charge in [0, 0.05) is 11.1 Å². The van der Waals surface area contributed by atoms with Crippen LogP contribution >= 0.6 is 11.3 Å². The molecular weight excluding hydrogens is 270 g/mol. The normalized spacial score (nSPS) is 13.9. The average molecular weight is 285 g/mol. The first-order chi connectivity index (χ1) is 8.50. The lowest BCUT2D eigenvalue weighted by molar-refractivity contribution is 0.469. The van der Waals surface area contributed by atoms with Crippen LogP contribution in [0.1, 0.15) is 24.8 Å². The fourth-order valence-corrected chi connectivity index (χ4v) is 3.90. The van der Waals surface area contributed by atoms with Crippen molar-refractivity contribution in [1.82, 2.24) is 14.9 Å². The third-order valence-corrected chi connectivity index (χ3v) is 4.95. The van der Waals surface area contributed by atoms with Gasteiger partial charge in [0.05, 0.1) is 12.2 Å². The number of aromatic amines is 1. The molecule has 2 aromatic rings. The molecule has 1 unspecified atom stereocenters. The molecule has 0 spiro atoms. The number of H-pyrrole nitrogens is 1. The summed E-state index contributed by atoms with van der Waals surface area (Å²) in [5, 5.41) is 8.11. The summed E-state index contributed by atoms with van der Waals surface area (Å²) in [6, 6.07) is 3.64. The third-order valence-electron chi connectivity index (χ3n) is 2.58. The van der Waals surface area contributed by atoms with Crippen LogP contribution in [0, 0.1) is 5.92 Å². The summed E-state index contributed by atoms with van der Waals surface area (Å²) in [5.74, 6) is 0.172. The van der Waals surface area contributed by atoms with Gasteiger partial charge in [-0.1, -0.05) is 19.9 Å². The molecule has 0 amide bonds. The van der Waals surface area contributed by atoms with Gasteiger partial charge in [-0.05, 0) is 17.4 Å². The Kier molecular flexibility index (Phi) is 3.84. The predicted molar refractivity (Wildman–Crippen MR) is 70.8 cm³/mol. The lowest BCUT2D eigenvalue weighted by atomic mass is 10.0. The van der Waals surface area contributed by atoms with Crippen molar-refractivity contribution in [2.45, 2.75) is 24.8 Å². The second-order valence-corrected chi connectivity index (χ2v) is 6.99. The summed E-state index contributed by atoms with van der Waals surface area (Å²) in [6.45, 7) is 3.98. The van der Waals surface area contributed by atoms with Crippen molar-refractivity contribution in [2.75, 3.05) is 0 Å². The van der Waals surface area contributed by atoms with Crippen molar-refractivity contribution in [3.05, 3.63) is 34.8 Å². The van der Waals surface area contributed by atoms with Crippen molar-refractivity contribution >= 4 is 21.4 Å². The van der Waals surface area contributed by atoms with Gasteiger partial charge in [-0.25, -0.2) is 13.1 Å². The number of rotatable bonds is 5. The molecule has 18 heavy (non-hydrogen) atoms. The van der Waals surface area contributed by atoms with Gasteiger partial charge >= 0.3 is 0 Å². The Balaban J connectivity index is 2.26. The van der Waals surface area contributed by atoms with Crippen LogP contribution in [0.15, 0.2) is 34.8 Å². The van der Waals surface area contributed by atoms with Crippen LogP contribution in [0.2, 0.25) is 0 Å². The highest BCUT2D eigenvalue weighted by Crippen LogP contribution is 2.27. The van der Waals surface area contributed by atoms with E-state index in [0.29, 0.717) is 0 Å². The molecule has 98 valence electrons. The summed E-state index contributed by atoms with van der Waals surface area (Å²) in [7, 11) is -3.52. The van der Waals surface area contributed by atoms with Crippen molar-refractivity contribution in [3.8, 4) is 0 Å². The first-order valence-corrected chi connectivity index (χ1v) is 7.91. The molecule has 1 atom stereocenters. The summed E-state index contributed by atoms with van der Waals surface area (Å²) in [6.07, 6.45) is 2.67. The fraction of sp³-hybridized carbons (Fsp3) is 0.364. The van der Waals surface area contributed by atoms with Gasteiger partial charge in [0.15, 0.2) is 0 Å². The van der Waals surface area contributed by atoms with Crippen LogP contribution in [0.3, 0.4) is 0 Å². The summed E-state index contributed by atoms with van der Waals surface area (Å²) in [5.41, 5.74) is 0. The van der Waals surface area contributed by atoms with E-state index in [0.717, 1.165) is 4.88 Å². The van der Waals surface area contributed by atoms with Gasteiger partial charge < -0.3 is 0 Å². The van der Waals surface area contributed by atoms with Gasteiger partial charge in [-0.3, -0.25) is 5.10 Å². The number of hydrogen-bond acceptors (Lipinski definition) is 4. The second-order valence-electron chi connectivity index (χ2n) is 4.29. The Morgan fingerprint density at radius 3 is 2.72 bits per heavy atom. The number of hydrogen-bond donors (Lipinski definition) is 2. The Labute approximate surface area is 110 Å². The maximum Gasteiger partial charge on any atom is 0.244 e.